The first-order valence-electron chi connectivity index (χ1n) is 11.1. The molecule has 2 aliphatic rings. The second-order valence-corrected chi connectivity index (χ2v) is 8.65. The van der Waals surface area contributed by atoms with Crippen molar-refractivity contribution in [2.24, 2.45) is 0 Å². The van der Waals surface area contributed by atoms with Gasteiger partial charge in [-0.2, -0.15) is 4.98 Å². The van der Waals surface area contributed by atoms with E-state index in [0.717, 1.165) is 12.0 Å². The molecule has 0 unspecified atom stereocenters. The number of carbonyl (C=O) groups is 2. The second-order valence-electron chi connectivity index (χ2n) is 8.65. The third kappa shape index (κ3) is 4.22. The lowest BCUT2D eigenvalue weighted by atomic mass is 9.76. The van der Waals surface area contributed by atoms with E-state index in [2.05, 4.69) is 20.4 Å². The number of likely N-dealkylation sites (tertiary alicyclic amines) is 1. The quantitative estimate of drug-likeness (QED) is 0.643. The number of pyridine rings is 1. The Morgan fingerprint density at radius 1 is 1.24 bits per heavy atom. The Morgan fingerprint density at radius 2 is 2.06 bits per heavy atom. The van der Waals surface area contributed by atoms with Crippen molar-refractivity contribution < 1.29 is 18.5 Å². The molecule has 33 heavy (non-hydrogen) atoms. The van der Waals surface area contributed by atoms with Gasteiger partial charge < -0.3 is 14.7 Å². The summed E-state index contributed by atoms with van der Waals surface area (Å²) >= 11 is 0. The molecule has 8 nitrogen and oxygen atoms in total. The summed E-state index contributed by atoms with van der Waals surface area (Å²) in [5.74, 6) is 0.0763. The maximum Gasteiger partial charge on any atom is 0.227 e. The molecule has 3 aromatic rings. The average Bonchev–Trinajstić information content (AvgIpc) is 3.44. The first-order chi connectivity index (χ1) is 16.0. The van der Waals surface area contributed by atoms with Gasteiger partial charge in [0.05, 0.1) is 5.54 Å². The fourth-order valence-electron chi connectivity index (χ4n) is 4.95. The number of aromatic nitrogens is 3. The van der Waals surface area contributed by atoms with Crippen LogP contribution in [0, 0.1) is 5.82 Å². The highest BCUT2D eigenvalue weighted by Gasteiger charge is 2.51. The molecule has 2 amide bonds. The normalized spacial score (nSPS) is 22.5. The predicted octanol–water partition coefficient (Wildman–Crippen LogP) is 2.87. The fourth-order valence-corrected chi connectivity index (χ4v) is 4.95. The third-order valence-corrected chi connectivity index (χ3v) is 6.55. The summed E-state index contributed by atoms with van der Waals surface area (Å²) in [7, 11) is 0. The molecule has 5 rings (SSSR count). The first kappa shape index (κ1) is 21.2. The second kappa shape index (κ2) is 8.73. The number of hydrogen-bond acceptors (Lipinski definition) is 6. The zero-order chi connectivity index (χ0) is 22.8. The summed E-state index contributed by atoms with van der Waals surface area (Å²) in [6, 6.07) is 10.2. The van der Waals surface area contributed by atoms with E-state index in [0.29, 0.717) is 49.6 Å². The van der Waals surface area contributed by atoms with Gasteiger partial charge in [0.2, 0.25) is 23.5 Å². The summed E-state index contributed by atoms with van der Waals surface area (Å²) in [4.78, 5) is 35.4. The topological polar surface area (TPSA) is 101 Å². The molecule has 0 aliphatic carbocycles. The number of rotatable bonds is 5. The number of nitrogens with zero attached hydrogens (tertiary/aromatic N) is 4. The maximum atomic E-state index is 14.7. The van der Waals surface area contributed by atoms with Crippen LogP contribution < -0.4 is 5.32 Å². The van der Waals surface area contributed by atoms with Crippen LogP contribution in [-0.2, 0) is 16.0 Å². The van der Waals surface area contributed by atoms with Crippen LogP contribution in [-0.4, -0.2) is 50.5 Å². The summed E-state index contributed by atoms with van der Waals surface area (Å²) in [6.07, 6.45) is 5.67. The van der Waals surface area contributed by atoms with Crippen LogP contribution in [0.3, 0.4) is 0 Å². The summed E-state index contributed by atoms with van der Waals surface area (Å²) in [5.41, 5.74) is 0.675. The molecule has 0 bridgehead atoms. The molecule has 1 spiro atoms. The van der Waals surface area contributed by atoms with Crippen molar-refractivity contribution in [2.75, 3.05) is 13.1 Å². The highest BCUT2D eigenvalue weighted by Crippen LogP contribution is 2.42. The molecule has 2 atom stereocenters. The number of aryl methyl sites for hydroxylation is 1. The molecular formula is C24H24FN5O3. The third-order valence-electron chi connectivity index (χ3n) is 6.55. The van der Waals surface area contributed by atoms with Gasteiger partial charge in [-0.1, -0.05) is 23.4 Å². The van der Waals surface area contributed by atoms with Crippen LogP contribution in [0.5, 0.6) is 0 Å². The number of piperidine rings is 1. The van der Waals surface area contributed by atoms with Crippen LogP contribution in [0.4, 0.5) is 4.39 Å². The number of amides is 2. The molecule has 2 aliphatic heterocycles. The molecule has 2 aromatic heterocycles. The number of nitrogens with one attached hydrogen (secondary N) is 1. The molecule has 0 radical (unpaired) electrons. The van der Waals surface area contributed by atoms with Crippen molar-refractivity contribution in [1.29, 1.82) is 0 Å². The number of hydrogen-bond donors (Lipinski definition) is 1. The maximum absolute atomic E-state index is 14.7. The minimum Gasteiger partial charge on any atom is -0.348 e. The van der Waals surface area contributed by atoms with E-state index in [9.17, 15) is 14.0 Å². The highest BCUT2D eigenvalue weighted by atomic mass is 19.1. The van der Waals surface area contributed by atoms with E-state index >= 15 is 0 Å². The fraction of sp³-hybridized carbons (Fsp3) is 0.375. The van der Waals surface area contributed by atoms with Crippen LogP contribution in [0.25, 0.3) is 11.4 Å². The summed E-state index contributed by atoms with van der Waals surface area (Å²) in [5, 5.41) is 7.07. The first-order valence-corrected chi connectivity index (χ1v) is 11.1. The number of carbonyl (C=O) groups excluding carboxylic acids is 2. The van der Waals surface area contributed by atoms with Gasteiger partial charge in [-0.25, -0.2) is 4.39 Å². The van der Waals surface area contributed by atoms with Gasteiger partial charge in [0.25, 0.3) is 0 Å². The van der Waals surface area contributed by atoms with Crippen LogP contribution >= 0.6 is 0 Å². The van der Waals surface area contributed by atoms with Gasteiger partial charge in [0.1, 0.15) is 5.82 Å². The van der Waals surface area contributed by atoms with Crippen LogP contribution in [0.1, 0.15) is 43.1 Å². The smallest absolute Gasteiger partial charge is 0.227 e. The van der Waals surface area contributed by atoms with Gasteiger partial charge in [-0.05, 0) is 36.6 Å². The number of benzene rings is 1. The largest absolute Gasteiger partial charge is 0.348 e. The molecule has 0 saturated carbocycles. The van der Waals surface area contributed by atoms with Gasteiger partial charge in [-0.3, -0.25) is 14.6 Å². The molecular weight excluding hydrogens is 425 g/mol. The SMILES string of the molecule is O=C1CCC[C@]2(CN(C(=O)CCc3nc(-c4ccncc4)no3)C[C@H]2c2ccccc2F)N1. The van der Waals surface area contributed by atoms with Gasteiger partial charge in [-0.15, -0.1) is 0 Å². The van der Waals surface area contributed by atoms with E-state index in [1.165, 1.54) is 6.07 Å². The average molecular weight is 449 g/mol. The molecule has 1 aromatic carbocycles. The lowest BCUT2D eigenvalue weighted by Crippen LogP contribution is -2.56. The van der Waals surface area contributed by atoms with Crippen LogP contribution in [0.15, 0.2) is 53.3 Å². The van der Waals surface area contributed by atoms with E-state index in [-0.39, 0.29) is 30.0 Å². The molecule has 9 heteroatoms. The van der Waals surface area contributed by atoms with E-state index in [4.69, 9.17) is 4.52 Å². The van der Waals surface area contributed by atoms with E-state index < -0.39 is 5.54 Å². The molecule has 2 saturated heterocycles. The zero-order valence-corrected chi connectivity index (χ0v) is 18.0. The monoisotopic (exact) mass is 449 g/mol. The molecule has 170 valence electrons. The highest BCUT2D eigenvalue weighted by molar-refractivity contribution is 5.80. The van der Waals surface area contributed by atoms with Crippen molar-refractivity contribution in [1.82, 2.24) is 25.3 Å². The summed E-state index contributed by atoms with van der Waals surface area (Å²) < 4.78 is 20.0. The zero-order valence-electron chi connectivity index (χ0n) is 18.0. The van der Waals surface area contributed by atoms with Gasteiger partial charge in [0.15, 0.2) is 0 Å². The van der Waals surface area contributed by atoms with Crippen LogP contribution in [0.2, 0.25) is 0 Å². The van der Waals surface area contributed by atoms with Crippen molar-refractivity contribution in [3.05, 3.63) is 66.1 Å². The Morgan fingerprint density at radius 3 is 2.85 bits per heavy atom. The van der Waals surface area contributed by atoms with E-state index in [1.807, 2.05) is 0 Å². The standard InChI is InChI=1S/C24H24FN5O3/c25-19-5-2-1-4-17(19)18-14-30(15-24(18)11-3-6-20(31)28-24)22(32)8-7-21-27-23(29-33-21)16-9-12-26-13-10-16/h1-2,4-5,9-10,12-13,18H,3,6-8,11,14-15H2,(H,28,31)/t18-,24+/m0/s1. The Bertz CT molecular complexity index is 1170. The number of halogens is 1. The predicted molar refractivity (Wildman–Crippen MR) is 116 cm³/mol. The lowest BCUT2D eigenvalue weighted by molar-refractivity contribution is -0.131. The molecule has 1 N–H and O–H groups in total. The van der Waals surface area contributed by atoms with Gasteiger partial charge in [0, 0.05) is 56.2 Å². The minimum atomic E-state index is -0.647. The Hall–Kier alpha value is -3.62. The van der Waals surface area contributed by atoms with Crippen molar-refractivity contribution in [3.8, 4) is 11.4 Å². The van der Waals surface area contributed by atoms with Crippen molar-refractivity contribution in [3.63, 3.8) is 0 Å². The Labute approximate surface area is 190 Å². The minimum absolute atomic E-state index is 0.0496. The lowest BCUT2D eigenvalue weighted by Gasteiger charge is -2.39. The van der Waals surface area contributed by atoms with E-state index in [1.54, 1.807) is 47.6 Å². The summed E-state index contributed by atoms with van der Waals surface area (Å²) in [6.45, 7) is 0.717. The Balaban J connectivity index is 1.30. The van der Waals surface area contributed by atoms with Gasteiger partial charge >= 0.3 is 0 Å². The molecule has 4 heterocycles. The van der Waals surface area contributed by atoms with Crippen molar-refractivity contribution >= 4 is 11.8 Å². The molecule has 2 fully saturated rings. The van der Waals surface area contributed by atoms with Crippen molar-refractivity contribution in [2.45, 2.75) is 43.6 Å². The Kier molecular flexibility index (Phi) is 5.62.